The summed E-state index contributed by atoms with van der Waals surface area (Å²) in [5.74, 6) is 0.422. The smallest absolute Gasteiger partial charge is 0.250 e. The summed E-state index contributed by atoms with van der Waals surface area (Å²) in [5.41, 5.74) is 2.69. The minimum absolute atomic E-state index is 0.250. The van der Waals surface area contributed by atoms with Gasteiger partial charge in [0, 0.05) is 29.2 Å². The number of rotatable bonds is 4. The second-order valence-electron chi connectivity index (χ2n) is 7.13. The molecule has 152 valence electrons. The lowest BCUT2D eigenvalue weighted by molar-refractivity contribution is -0.115. The Hall–Kier alpha value is -2.08. The summed E-state index contributed by atoms with van der Waals surface area (Å²) in [4.78, 5) is 14.6. The number of anilines is 2. The molecule has 1 amide bonds. The van der Waals surface area contributed by atoms with Crippen molar-refractivity contribution in [3.63, 3.8) is 0 Å². The Kier molecular flexibility index (Phi) is 7.53. The van der Waals surface area contributed by atoms with E-state index in [4.69, 9.17) is 35.4 Å². The minimum atomic E-state index is -0.335. The average Bonchev–Trinajstić information content (AvgIpc) is 2.68. The molecule has 0 aliphatic carbocycles. The van der Waals surface area contributed by atoms with Gasteiger partial charge in [-0.25, -0.2) is 0 Å². The second kappa shape index (κ2) is 10.1. The van der Waals surface area contributed by atoms with Crippen LogP contribution in [0.25, 0.3) is 6.08 Å². The minimum Gasteiger partial charge on any atom is -0.370 e. The zero-order valence-corrected chi connectivity index (χ0v) is 18.4. The number of thiocarbonyl (C=S) groups is 1. The summed E-state index contributed by atoms with van der Waals surface area (Å²) in [5, 5.41) is 7.09. The highest BCUT2D eigenvalue weighted by Crippen LogP contribution is 2.29. The number of nitrogens with one attached hydrogen (secondary N) is 2. The van der Waals surface area contributed by atoms with Crippen LogP contribution in [0.1, 0.15) is 25.3 Å². The molecule has 4 nitrogen and oxygen atoms in total. The average molecular weight is 448 g/mol. The van der Waals surface area contributed by atoms with E-state index >= 15 is 0 Å². The molecular formula is C22H23Cl2N3OS. The van der Waals surface area contributed by atoms with Crippen LogP contribution >= 0.6 is 35.4 Å². The highest BCUT2D eigenvalue weighted by molar-refractivity contribution is 7.80. The highest BCUT2D eigenvalue weighted by atomic mass is 35.5. The second-order valence-corrected chi connectivity index (χ2v) is 8.38. The number of hydrogen-bond acceptors (Lipinski definition) is 3. The SMILES string of the molecule is CC1CCN(c2ccccc2NC(=S)NC(=O)/C=C/c2ccc(Cl)cc2Cl)CC1. The van der Waals surface area contributed by atoms with Crippen molar-refractivity contribution < 1.29 is 4.79 Å². The molecule has 2 aromatic rings. The molecule has 0 spiro atoms. The molecule has 1 aliphatic heterocycles. The van der Waals surface area contributed by atoms with Gasteiger partial charge in [-0.2, -0.15) is 0 Å². The van der Waals surface area contributed by atoms with Gasteiger partial charge in [0.05, 0.1) is 11.4 Å². The fourth-order valence-corrected chi connectivity index (χ4v) is 3.90. The molecule has 0 atom stereocenters. The zero-order valence-electron chi connectivity index (χ0n) is 16.1. The Balaban J connectivity index is 1.60. The molecule has 0 unspecified atom stereocenters. The molecule has 1 fully saturated rings. The van der Waals surface area contributed by atoms with Crippen molar-refractivity contribution in [3.05, 3.63) is 64.1 Å². The van der Waals surface area contributed by atoms with Crippen molar-refractivity contribution in [2.24, 2.45) is 5.92 Å². The fraction of sp³-hybridized carbons (Fsp3) is 0.273. The van der Waals surface area contributed by atoms with Crippen LogP contribution in [-0.4, -0.2) is 24.1 Å². The molecule has 0 saturated carbocycles. The monoisotopic (exact) mass is 447 g/mol. The predicted molar refractivity (Wildman–Crippen MR) is 127 cm³/mol. The van der Waals surface area contributed by atoms with Gasteiger partial charge >= 0.3 is 0 Å². The lowest BCUT2D eigenvalue weighted by Crippen LogP contribution is -2.35. The van der Waals surface area contributed by atoms with Crippen molar-refractivity contribution in [1.29, 1.82) is 0 Å². The van der Waals surface area contributed by atoms with E-state index < -0.39 is 0 Å². The zero-order chi connectivity index (χ0) is 20.8. The molecule has 29 heavy (non-hydrogen) atoms. The Morgan fingerprint density at radius 1 is 1.17 bits per heavy atom. The molecule has 1 aliphatic rings. The van der Waals surface area contributed by atoms with Crippen LogP contribution in [0, 0.1) is 5.92 Å². The molecule has 2 N–H and O–H groups in total. The largest absolute Gasteiger partial charge is 0.370 e. The molecule has 2 aromatic carbocycles. The van der Waals surface area contributed by atoms with Crippen molar-refractivity contribution in [3.8, 4) is 0 Å². The van der Waals surface area contributed by atoms with Gasteiger partial charge in [-0.3, -0.25) is 10.1 Å². The molecule has 0 bridgehead atoms. The molecular weight excluding hydrogens is 425 g/mol. The molecule has 1 heterocycles. The molecule has 1 saturated heterocycles. The topological polar surface area (TPSA) is 44.4 Å². The normalized spacial score (nSPS) is 14.8. The predicted octanol–water partition coefficient (Wildman–Crippen LogP) is 5.76. The summed E-state index contributed by atoms with van der Waals surface area (Å²) in [6.45, 7) is 4.32. The summed E-state index contributed by atoms with van der Waals surface area (Å²) in [6, 6.07) is 13.1. The van der Waals surface area contributed by atoms with Crippen LogP contribution in [0.2, 0.25) is 10.0 Å². The van der Waals surface area contributed by atoms with E-state index in [-0.39, 0.29) is 11.0 Å². The first-order valence-electron chi connectivity index (χ1n) is 9.51. The number of carbonyl (C=O) groups is 1. The summed E-state index contributed by atoms with van der Waals surface area (Å²) in [6.07, 6.45) is 5.36. The standard InChI is InChI=1S/C22H23Cl2N3OS/c1-15-10-12-27(13-11-15)20-5-3-2-4-19(20)25-22(29)26-21(28)9-7-16-6-8-17(23)14-18(16)24/h2-9,14-15H,10-13H2,1H3,(H2,25,26,28,29)/b9-7+. The van der Waals surface area contributed by atoms with Crippen LogP contribution in [0.4, 0.5) is 11.4 Å². The summed E-state index contributed by atoms with van der Waals surface area (Å²) >= 11 is 17.3. The first kappa shape index (κ1) is 21.6. The molecule has 3 rings (SSSR count). The van der Waals surface area contributed by atoms with Crippen molar-refractivity contribution in [2.45, 2.75) is 19.8 Å². The quantitative estimate of drug-likeness (QED) is 0.462. The third-order valence-electron chi connectivity index (χ3n) is 4.89. The van der Waals surface area contributed by atoms with E-state index in [0.717, 1.165) is 30.4 Å². The van der Waals surface area contributed by atoms with Gasteiger partial charge in [-0.1, -0.05) is 48.3 Å². The maximum Gasteiger partial charge on any atom is 0.250 e. The number of para-hydroxylation sites is 2. The number of piperidine rings is 1. The number of benzene rings is 2. The van der Waals surface area contributed by atoms with Crippen LogP contribution in [0.15, 0.2) is 48.5 Å². The van der Waals surface area contributed by atoms with Crippen LogP contribution in [0.5, 0.6) is 0 Å². The van der Waals surface area contributed by atoms with Gasteiger partial charge in [-0.05, 0) is 66.9 Å². The van der Waals surface area contributed by atoms with E-state index in [9.17, 15) is 4.79 Å². The molecule has 0 radical (unpaired) electrons. The van der Waals surface area contributed by atoms with Crippen LogP contribution < -0.4 is 15.5 Å². The van der Waals surface area contributed by atoms with Gasteiger partial charge in [0.15, 0.2) is 5.11 Å². The van der Waals surface area contributed by atoms with E-state index in [1.54, 1.807) is 24.3 Å². The highest BCUT2D eigenvalue weighted by Gasteiger charge is 2.18. The number of hydrogen-bond donors (Lipinski definition) is 2. The Morgan fingerprint density at radius 3 is 2.62 bits per heavy atom. The summed E-state index contributed by atoms with van der Waals surface area (Å²) < 4.78 is 0. The van der Waals surface area contributed by atoms with E-state index in [0.29, 0.717) is 15.6 Å². The van der Waals surface area contributed by atoms with Crippen molar-refractivity contribution in [2.75, 3.05) is 23.3 Å². The molecule has 0 aromatic heterocycles. The number of halogens is 2. The van der Waals surface area contributed by atoms with Crippen molar-refractivity contribution >= 4 is 63.9 Å². The third kappa shape index (κ3) is 6.20. The van der Waals surface area contributed by atoms with Crippen LogP contribution in [0.3, 0.4) is 0 Å². The van der Waals surface area contributed by atoms with Gasteiger partial charge in [0.1, 0.15) is 0 Å². The van der Waals surface area contributed by atoms with Gasteiger partial charge in [0.25, 0.3) is 0 Å². The van der Waals surface area contributed by atoms with E-state index in [1.165, 1.54) is 18.9 Å². The fourth-order valence-electron chi connectivity index (χ4n) is 3.21. The van der Waals surface area contributed by atoms with Gasteiger partial charge in [0.2, 0.25) is 5.91 Å². The summed E-state index contributed by atoms with van der Waals surface area (Å²) in [7, 11) is 0. The Morgan fingerprint density at radius 2 is 1.90 bits per heavy atom. The first-order valence-corrected chi connectivity index (χ1v) is 10.7. The lowest BCUT2D eigenvalue weighted by atomic mass is 9.98. The Labute approximate surface area is 186 Å². The number of nitrogens with zero attached hydrogens (tertiary/aromatic N) is 1. The first-order chi connectivity index (χ1) is 13.9. The van der Waals surface area contributed by atoms with Gasteiger partial charge in [-0.15, -0.1) is 0 Å². The van der Waals surface area contributed by atoms with Crippen LogP contribution in [-0.2, 0) is 4.79 Å². The Bertz CT molecular complexity index is 924. The lowest BCUT2D eigenvalue weighted by Gasteiger charge is -2.33. The van der Waals surface area contributed by atoms with Crippen molar-refractivity contribution in [1.82, 2.24) is 5.32 Å². The number of amides is 1. The third-order valence-corrected chi connectivity index (χ3v) is 5.66. The van der Waals surface area contributed by atoms with Gasteiger partial charge < -0.3 is 10.2 Å². The van der Waals surface area contributed by atoms with E-state index in [1.807, 2.05) is 18.2 Å². The maximum absolute atomic E-state index is 12.2. The molecule has 7 heteroatoms. The maximum atomic E-state index is 12.2. The van der Waals surface area contributed by atoms with E-state index in [2.05, 4.69) is 28.5 Å². The number of carbonyl (C=O) groups excluding carboxylic acids is 1.